The molecule has 2 heterocycles. The Hall–Kier alpha value is -4.30. The molecule has 0 spiro atoms. The molecule has 2 atom stereocenters. The van der Waals surface area contributed by atoms with Crippen LogP contribution in [0.25, 0.3) is 22.5 Å². The van der Waals surface area contributed by atoms with Crippen molar-refractivity contribution in [3.63, 3.8) is 0 Å². The van der Waals surface area contributed by atoms with Crippen LogP contribution in [0.4, 0.5) is 16.2 Å². The Morgan fingerprint density at radius 1 is 1.02 bits per heavy atom. The van der Waals surface area contributed by atoms with E-state index in [1.807, 2.05) is 42.5 Å². The summed E-state index contributed by atoms with van der Waals surface area (Å²) in [5, 5.41) is 7.35. The second-order valence-corrected chi connectivity index (χ2v) is 10.2. The smallest absolute Gasteiger partial charge is 0.412 e. The molecule has 1 aromatic heterocycles. The second-order valence-electron chi connectivity index (χ2n) is 9.75. The van der Waals surface area contributed by atoms with Crippen molar-refractivity contribution in [2.45, 2.75) is 26.4 Å². The van der Waals surface area contributed by atoms with Crippen LogP contribution in [-0.4, -0.2) is 37.4 Å². The summed E-state index contributed by atoms with van der Waals surface area (Å²) in [7, 11) is 1.43. The molecule has 9 heteroatoms. The number of rotatable bonds is 7. The third kappa shape index (κ3) is 5.82. The van der Waals surface area contributed by atoms with Gasteiger partial charge < -0.3 is 18.9 Å². The fourth-order valence-corrected chi connectivity index (χ4v) is 5.20. The molecule has 1 N–H and O–H groups in total. The van der Waals surface area contributed by atoms with Crippen LogP contribution in [0.1, 0.15) is 30.7 Å². The van der Waals surface area contributed by atoms with Crippen LogP contribution in [0.3, 0.4) is 0 Å². The van der Waals surface area contributed by atoms with E-state index in [-0.39, 0.29) is 11.9 Å². The number of halogens is 1. The molecule has 1 amide bonds. The first-order valence-electron chi connectivity index (χ1n) is 13.1. The average molecular weight is 560 g/mol. The standard InChI is InChI=1S/C31H30ClN3O5/c1-19-28(33-31(37)39-20(2)26-6-4-5-7-27(26)32)29(40-34-19)23-10-8-21(9-11-23)22-12-14-25(15-13-22)35-17-16-24(18-35)30(36)38-3/h4-15,20,24H,16-18H2,1-3H3,(H,33,37). The van der Waals surface area contributed by atoms with Crippen LogP contribution >= 0.6 is 11.6 Å². The van der Waals surface area contributed by atoms with Gasteiger partial charge in [0.25, 0.3) is 0 Å². The summed E-state index contributed by atoms with van der Waals surface area (Å²) in [5.41, 5.74) is 5.64. The SMILES string of the molecule is COC(=O)C1CCN(c2ccc(-c3ccc(-c4onc(C)c4NC(=O)OC(C)c4ccccc4Cl)cc3)cc2)C1. The molecule has 1 aliphatic rings. The molecular formula is C31H30ClN3O5. The zero-order valence-corrected chi connectivity index (χ0v) is 23.3. The van der Waals surface area contributed by atoms with Crippen molar-refractivity contribution in [1.29, 1.82) is 0 Å². The number of methoxy groups -OCH3 is 1. The van der Waals surface area contributed by atoms with E-state index in [0.717, 1.165) is 40.9 Å². The summed E-state index contributed by atoms with van der Waals surface area (Å²) in [6.45, 7) is 5.01. The number of carbonyl (C=O) groups excluding carboxylic acids is 2. The third-order valence-electron chi connectivity index (χ3n) is 7.15. The molecular weight excluding hydrogens is 530 g/mol. The quantitative estimate of drug-likeness (QED) is 0.238. The van der Waals surface area contributed by atoms with Crippen molar-refractivity contribution in [3.05, 3.63) is 89.1 Å². The summed E-state index contributed by atoms with van der Waals surface area (Å²) in [6, 6.07) is 23.3. The van der Waals surface area contributed by atoms with Crippen molar-refractivity contribution in [2.75, 3.05) is 30.4 Å². The van der Waals surface area contributed by atoms with E-state index in [1.165, 1.54) is 7.11 Å². The Morgan fingerprint density at radius 3 is 2.35 bits per heavy atom. The van der Waals surface area contributed by atoms with Crippen molar-refractivity contribution < 1.29 is 23.6 Å². The lowest BCUT2D eigenvalue weighted by Gasteiger charge is -2.18. The van der Waals surface area contributed by atoms with Gasteiger partial charge in [0.15, 0.2) is 5.76 Å². The Labute approximate surface area is 237 Å². The zero-order valence-electron chi connectivity index (χ0n) is 22.5. The van der Waals surface area contributed by atoms with Gasteiger partial charge in [-0.1, -0.05) is 71.4 Å². The highest BCUT2D eigenvalue weighted by Crippen LogP contribution is 2.34. The molecule has 0 saturated carbocycles. The predicted molar refractivity (Wildman–Crippen MR) is 154 cm³/mol. The maximum absolute atomic E-state index is 12.7. The first kappa shape index (κ1) is 27.3. The number of esters is 1. The van der Waals surface area contributed by atoms with Crippen molar-refractivity contribution >= 4 is 35.0 Å². The fourth-order valence-electron chi connectivity index (χ4n) is 4.91. The Kier molecular flexibility index (Phi) is 8.07. The molecule has 0 aliphatic carbocycles. The number of anilines is 2. The molecule has 1 aliphatic heterocycles. The van der Waals surface area contributed by atoms with Crippen LogP contribution in [0.5, 0.6) is 0 Å². The zero-order chi connectivity index (χ0) is 28.2. The van der Waals surface area contributed by atoms with Gasteiger partial charge in [0.2, 0.25) is 0 Å². The minimum atomic E-state index is -0.632. The average Bonchev–Trinajstić information content (AvgIpc) is 3.60. The highest BCUT2D eigenvalue weighted by Gasteiger charge is 2.29. The second kappa shape index (κ2) is 11.8. The summed E-state index contributed by atoms with van der Waals surface area (Å²) < 4.78 is 16.0. The van der Waals surface area contributed by atoms with E-state index < -0.39 is 12.2 Å². The molecule has 0 bridgehead atoms. The number of carbonyl (C=O) groups is 2. The number of ether oxygens (including phenoxy) is 2. The van der Waals surface area contributed by atoms with E-state index in [4.69, 9.17) is 25.6 Å². The van der Waals surface area contributed by atoms with Gasteiger partial charge in [0.1, 0.15) is 17.5 Å². The lowest BCUT2D eigenvalue weighted by molar-refractivity contribution is -0.144. The highest BCUT2D eigenvalue weighted by molar-refractivity contribution is 6.31. The summed E-state index contributed by atoms with van der Waals surface area (Å²) in [5.74, 6) is 0.211. The van der Waals surface area contributed by atoms with Gasteiger partial charge in [-0.25, -0.2) is 4.79 Å². The number of aryl methyl sites for hydroxylation is 1. The van der Waals surface area contributed by atoms with Crippen LogP contribution in [-0.2, 0) is 14.3 Å². The summed E-state index contributed by atoms with van der Waals surface area (Å²) >= 11 is 6.24. The fraction of sp³-hybridized carbons (Fsp3) is 0.258. The van der Waals surface area contributed by atoms with Crippen LogP contribution < -0.4 is 10.2 Å². The normalized spacial score (nSPS) is 15.5. The Bertz CT molecular complexity index is 1500. The molecule has 8 nitrogen and oxygen atoms in total. The Balaban J connectivity index is 1.26. The maximum Gasteiger partial charge on any atom is 0.412 e. The molecule has 5 rings (SSSR count). The van der Waals surface area contributed by atoms with Crippen LogP contribution in [0.15, 0.2) is 77.3 Å². The van der Waals surface area contributed by atoms with E-state index >= 15 is 0 Å². The Morgan fingerprint density at radius 2 is 1.68 bits per heavy atom. The topological polar surface area (TPSA) is 93.9 Å². The maximum atomic E-state index is 12.7. The molecule has 1 fully saturated rings. The third-order valence-corrected chi connectivity index (χ3v) is 7.50. The minimum Gasteiger partial charge on any atom is -0.469 e. The van der Waals surface area contributed by atoms with Crippen molar-refractivity contribution in [2.24, 2.45) is 5.92 Å². The van der Waals surface area contributed by atoms with E-state index in [0.29, 0.717) is 28.7 Å². The van der Waals surface area contributed by atoms with Gasteiger partial charge in [-0.2, -0.15) is 0 Å². The lowest BCUT2D eigenvalue weighted by Crippen LogP contribution is -2.23. The van der Waals surface area contributed by atoms with Crippen LogP contribution in [0.2, 0.25) is 5.02 Å². The monoisotopic (exact) mass is 559 g/mol. The highest BCUT2D eigenvalue weighted by atomic mass is 35.5. The van der Waals surface area contributed by atoms with Gasteiger partial charge in [0, 0.05) is 34.9 Å². The molecule has 2 unspecified atom stereocenters. The predicted octanol–water partition coefficient (Wildman–Crippen LogP) is 7.28. The number of nitrogens with zero attached hydrogens (tertiary/aromatic N) is 2. The molecule has 40 heavy (non-hydrogen) atoms. The van der Waals surface area contributed by atoms with Crippen molar-refractivity contribution in [1.82, 2.24) is 5.16 Å². The van der Waals surface area contributed by atoms with Gasteiger partial charge in [0.05, 0.1) is 13.0 Å². The number of hydrogen-bond donors (Lipinski definition) is 1. The summed E-state index contributed by atoms with van der Waals surface area (Å²) in [4.78, 5) is 26.8. The van der Waals surface area contributed by atoms with Gasteiger partial charge in [-0.15, -0.1) is 0 Å². The number of hydrogen-bond acceptors (Lipinski definition) is 7. The van der Waals surface area contributed by atoms with Gasteiger partial charge in [-0.05, 0) is 49.6 Å². The lowest BCUT2D eigenvalue weighted by atomic mass is 10.0. The number of nitrogens with one attached hydrogen (secondary N) is 1. The number of amides is 1. The van der Waals surface area contributed by atoms with E-state index in [1.54, 1.807) is 19.9 Å². The van der Waals surface area contributed by atoms with E-state index in [9.17, 15) is 9.59 Å². The molecule has 0 radical (unpaired) electrons. The first-order chi connectivity index (χ1) is 19.3. The largest absolute Gasteiger partial charge is 0.469 e. The molecule has 4 aromatic rings. The molecule has 3 aromatic carbocycles. The minimum absolute atomic E-state index is 0.0797. The van der Waals surface area contributed by atoms with Gasteiger partial charge in [-0.3, -0.25) is 10.1 Å². The first-order valence-corrected chi connectivity index (χ1v) is 13.4. The van der Waals surface area contributed by atoms with Crippen LogP contribution in [0, 0.1) is 12.8 Å². The molecule has 1 saturated heterocycles. The molecule has 206 valence electrons. The summed E-state index contributed by atoms with van der Waals surface area (Å²) in [6.07, 6.45) is -0.373. The van der Waals surface area contributed by atoms with Crippen molar-refractivity contribution in [3.8, 4) is 22.5 Å². The number of aromatic nitrogens is 1. The van der Waals surface area contributed by atoms with E-state index in [2.05, 4.69) is 39.6 Å². The number of benzene rings is 3. The van der Waals surface area contributed by atoms with Gasteiger partial charge >= 0.3 is 12.1 Å².